The molecule has 196 valence electrons. The molecule has 1 aromatic rings. The minimum Gasteiger partial charge on any atom is -0.444 e. The molecular formula is C27H38N4O5. The SMILES string of the molecule is C#CN(C(=O)C(CC(N)=O)NC(=O)OC(C)(C)C)C(C(=O)NC1CCCCC1)c1cc(C)cc(C)c1. The molecular weight excluding hydrogens is 460 g/mol. The first-order valence-electron chi connectivity index (χ1n) is 12.3. The highest BCUT2D eigenvalue weighted by atomic mass is 16.6. The monoisotopic (exact) mass is 498 g/mol. The highest BCUT2D eigenvalue weighted by Gasteiger charge is 2.37. The summed E-state index contributed by atoms with van der Waals surface area (Å²) in [5, 5.41) is 5.43. The summed E-state index contributed by atoms with van der Waals surface area (Å²) in [4.78, 5) is 52.3. The van der Waals surface area contributed by atoms with Crippen LogP contribution in [-0.2, 0) is 19.1 Å². The Bertz CT molecular complexity index is 998. The van der Waals surface area contributed by atoms with Gasteiger partial charge >= 0.3 is 6.09 Å². The number of nitrogens with zero attached hydrogens (tertiary/aromatic N) is 1. The summed E-state index contributed by atoms with van der Waals surface area (Å²) in [5.41, 5.74) is 6.84. The lowest BCUT2D eigenvalue weighted by Gasteiger charge is -2.32. The minimum atomic E-state index is -1.41. The number of hydrogen-bond donors (Lipinski definition) is 3. The molecule has 0 spiro atoms. The average Bonchev–Trinajstić information content (AvgIpc) is 2.74. The zero-order valence-electron chi connectivity index (χ0n) is 21.8. The van der Waals surface area contributed by atoms with E-state index >= 15 is 0 Å². The van der Waals surface area contributed by atoms with Gasteiger partial charge in [0, 0.05) is 12.1 Å². The Morgan fingerprint density at radius 3 is 2.19 bits per heavy atom. The average molecular weight is 499 g/mol. The Kier molecular flexibility index (Phi) is 9.91. The Morgan fingerprint density at radius 2 is 1.69 bits per heavy atom. The normalized spacial score (nSPS) is 15.7. The molecule has 0 aromatic heterocycles. The van der Waals surface area contributed by atoms with Crippen LogP contribution in [0.1, 0.15) is 82.0 Å². The number of alkyl carbamates (subject to hydrolysis) is 1. The van der Waals surface area contributed by atoms with Gasteiger partial charge in [0.25, 0.3) is 5.91 Å². The van der Waals surface area contributed by atoms with Crippen molar-refractivity contribution in [2.75, 3.05) is 0 Å². The molecule has 1 fully saturated rings. The van der Waals surface area contributed by atoms with Crippen molar-refractivity contribution >= 4 is 23.8 Å². The molecule has 2 rings (SSSR count). The van der Waals surface area contributed by atoms with E-state index in [9.17, 15) is 19.2 Å². The summed E-state index contributed by atoms with van der Waals surface area (Å²) in [6.45, 7) is 8.76. The molecule has 1 saturated carbocycles. The second kappa shape index (κ2) is 12.4. The molecule has 0 aliphatic heterocycles. The number of nitrogens with two attached hydrogens (primary N) is 1. The fourth-order valence-electron chi connectivity index (χ4n) is 4.40. The van der Waals surface area contributed by atoms with Crippen LogP contribution in [0, 0.1) is 26.3 Å². The smallest absolute Gasteiger partial charge is 0.408 e. The maximum Gasteiger partial charge on any atom is 0.408 e. The Hall–Kier alpha value is -3.54. The number of aryl methyl sites for hydroxylation is 2. The van der Waals surface area contributed by atoms with Crippen molar-refractivity contribution in [1.29, 1.82) is 0 Å². The largest absolute Gasteiger partial charge is 0.444 e. The standard InChI is InChI=1S/C27H38N4O5/c1-7-31(25(34)21(16-22(28)32)30-26(35)36-27(4,5)6)23(19-14-17(2)13-18(3)15-19)24(33)29-20-11-9-8-10-12-20/h1,13-15,20-21,23H,8-12,16H2,2-6H3,(H2,28,32)(H,29,33)(H,30,35). The molecule has 4 amide bonds. The van der Waals surface area contributed by atoms with E-state index in [1.165, 1.54) is 0 Å². The Balaban J connectivity index is 2.44. The third kappa shape index (κ3) is 8.59. The maximum atomic E-state index is 13.6. The molecule has 0 radical (unpaired) electrons. The van der Waals surface area contributed by atoms with Crippen LogP contribution in [0.2, 0.25) is 0 Å². The predicted octanol–water partition coefficient (Wildman–Crippen LogP) is 2.98. The van der Waals surface area contributed by atoms with E-state index in [4.69, 9.17) is 16.9 Å². The second-order valence-corrected chi connectivity index (χ2v) is 10.4. The van der Waals surface area contributed by atoms with Crippen LogP contribution in [0.15, 0.2) is 18.2 Å². The van der Waals surface area contributed by atoms with Gasteiger partial charge in [0.15, 0.2) is 0 Å². The van der Waals surface area contributed by atoms with Crippen molar-refractivity contribution in [3.05, 3.63) is 34.9 Å². The van der Waals surface area contributed by atoms with Gasteiger partial charge in [0.2, 0.25) is 11.8 Å². The summed E-state index contributed by atoms with van der Waals surface area (Å²) in [6.07, 6.45) is 9.19. The zero-order valence-corrected chi connectivity index (χ0v) is 21.8. The molecule has 1 aliphatic rings. The number of terminal acetylenes is 1. The van der Waals surface area contributed by atoms with E-state index in [0.717, 1.165) is 48.1 Å². The Labute approximate surface area is 213 Å². The van der Waals surface area contributed by atoms with Gasteiger partial charge < -0.3 is 21.1 Å². The van der Waals surface area contributed by atoms with Gasteiger partial charge in [-0.2, -0.15) is 0 Å². The van der Waals surface area contributed by atoms with Crippen LogP contribution < -0.4 is 16.4 Å². The first kappa shape index (κ1) is 28.7. The van der Waals surface area contributed by atoms with Crippen LogP contribution in [-0.4, -0.2) is 46.4 Å². The van der Waals surface area contributed by atoms with Crippen molar-refractivity contribution in [2.24, 2.45) is 5.73 Å². The first-order chi connectivity index (χ1) is 16.8. The zero-order chi connectivity index (χ0) is 27.0. The molecule has 9 nitrogen and oxygen atoms in total. The number of benzene rings is 1. The van der Waals surface area contributed by atoms with Gasteiger partial charge in [0.1, 0.15) is 17.7 Å². The third-order valence-electron chi connectivity index (χ3n) is 5.79. The number of amides is 4. The van der Waals surface area contributed by atoms with Crippen molar-refractivity contribution in [3.8, 4) is 12.5 Å². The van der Waals surface area contributed by atoms with E-state index in [-0.39, 0.29) is 6.04 Å². The predicted molar refractivity (Wildman–Crippen MR) is 136 cm³/mol. The van der Waals surface area contributed by atoms with Crippen LogP contribution in [0.4, 0.5) is 4.79 Å². The number of hydrogen-bond acceptors (Lipinski definition) is 5. The highest BCUT2D eigenvalue weighted by Crippen LogP contribution is 2.26. The quantitative estimate of drug-likeness (QED) is 0.375. The van der Waals surface area contributed by atoms with Gasteiger partial charge in [-0.25, -0.2) is 4.79 Å². The van der Waals surface area contributed by atoms with Gasteiger partial charge in [-0.15, -0.1) is 0 Å². The molecule has 4 N–H and O–H groups in total. The van der Waals surface area contributed by atoms with E-state index in [1.807, 2.05) is 19.9 Å². The fraction of sp³-hybridized carbons (Fsp3) is 0.556. The van der Waals surface area contributed by atoms with Gasteiger partial charge in [-0.3, -0.25) is 19.3 Å². The number of primary amides is 1. The van der Waals surface area contributed by atoms with Crippen molar-refractivity contribution in [3.63, 3.8) is 0 Å². The summed E-state index contributed by atoms with van der Waals surface area (Å²) in [6, 6.07) is 5.24. The van der Waals surface area contributed by atoms with E-state index in [1.54, 1.807) is 32.9 Å². The van der Waals surface area contributed by atoms with Crippen molar-refractivity contribution in [1.82, 2.24) is 15.5 Å². The van der Waals surface area contributed by atoms with Crippen LogP contribution in [0.5, 0.6) is 0 Å². The van der Waals surface area contributed by atoms with E-state index in [0.29, 0.717) is 5.56 Å². The minimum absolute atomic E-state index is 0.0179. The lowest BCUT2D eigenvalue weighted by atomic mass is 9.94. The first-order valence-corrected chi connectivity index (χ1v) is 12.3. The molecule has 9 heteroatoms. The Morgan fingerprint density at radius 1 is 1.11 bits per heavy atom. The molecule has 36 heavy (non-hydrogen) atoms. The lowest BCUT2D eigenvalue weighted by Crippen LogP contribution is -2.53. The van der Waals surface area contributed by atoms with Gasteiger partial charge in [-0.05, 0) is 53.0 Å². The van der Waals surface area contributed by atoms with Gasteiger partial charge in [-0.1, -0.05) is 55.0 Å². The highest BCUT2D eigenvalue weighted by molar-refractivity contribution is 5.95. The summed E-state index contributed by atoms with van der Waals surface area (Å²) in [5.74, 6) is -2.06. The molecule has 2 atom stereocenters. The summed E-state index contributed by atoms with van der Waals surface area (Å²) >= 11 is 0. The molecule has 0 bridgehead atoms. The molecule has 1 aromatic carbocycles. The van der Waals surface area contributed by atoms with Crippen LogP contribution >= 0.6 is 0 Å². The third-order valence-corrected chi connectivity index (χ3v) is 5.79. The van der Waals surface area contributed by atoms with Crippen molar-refractivity contribution in [2.45, 2.75) is 96.9 Å². The van der Waals surface area contributed by atoms with Crippen molar-refractivity contribution < 1.29 is 23.9 Å². The number of rotatable bonds is 8. The lowest BCUT2D eigenvalue weighted by molar-refractivity contribution is -0.139. The number of carbonyl (C=O) groups excluding carboxylic acids is 4. The number of carbonyl (C=O) groups is 4. The molecule has 0 saturated heterocycles. The molecule has 1 aliphatic carbocycles. The topological polar surface area (TPSA) is 131 Å². The molecule has 0 heterocycles. The van der Waals surface area contributed by atoms with E-state index in [2.05, 4.69) is 16.7 Å². The van der Waals surface area contributed by atoms with Crippen LogP contribution in [0.25, 0.3) is 0 Å². The summed E-state index contributed by atoms with van der Waals surface area (Å²) in [7, 11) is 0. The summed E-state index contributed by atoms with van der Waals surface area (Å²) < 4.78 is 5.23. The fourth-order valence-corrected chi connectivity index (χ4v) is 4.40. The second-order valence-electron chi connectivity index (χ2n) is 10.4. The van der Waals surface area contributed by atoms with Gasteiger partial charge in [0.05, 0.1) is 6.42 Å². The molecule has 2 unspecified atom stereocenters. The number of ether oxygens (including phenoxy) is 1. The maximum absolute atomic E-state index is 13.6. The number of nitrogens with one attached hydrogen (secondary N) is 2. The van der Waals surface area contributed by atoms with Crippen LogP contribution in [0.3, 0.4) is 0 Å². The van der Waals surface area contributed by atoms with E-state index < -0.39 is 47.9 Å².